The Bertz CT molecular complexity index is 1380. The quantitative estimate of drug-likeness (QED) is 0.439. The predicted octanol–water partition coefficient (Wildman–Crippen LogP) is 3.45. The van der Waals surface area contributed by atoms with Gasteiger partial charge in [-0.05, 0) is 19.1 Å². The zero-order valence-corrected chi connectivity index (χ0v) is 19.8. The summed E-state index contributed by atoms with van der Waals surface area (Å²) < 4.78 is 29.3. The molecule has 0 radical (unpaired) electrons. The highest BCUT2D eigenvalue weighted by Gasteiger charge is 2.30. The smallest absolute Gasteiger partial charge is 0.243 e. The minimum absolute atomic E-state index is 0.00274. The van der Waals surface area contributed by atoms with E-state index in [0.29, 0.717) is 31.1 Å². The lowest BCUT2D eigenvalue weighted by molar-refractivity contribution is -0.131. The number of fused-ring (bicyclic) bond motifs is 1. The second kappa shape index (κ2) is 8.74. The van der Waals surface area contributed by atoms with Gasteiger partial charge in [-0.2, -0.15) is 4.31 Å². The van der Waals surface area contributed by atoms with Crippen LogP contribution in [0.2, 0.25) is 0 Å². The van der Waals surface area contributed by atoms with Crippen LogP contribution < -0.4 is 0 Å². The van der Waals surface area contributed by atoms with Crippen molar-refractivity contribution in [1.82, 2.24) is 18.6 Å². The van der Waals surface area contributed by atoms with Crippen LogP contribution in [-0.4, -0.2) is 59.1 Å². The van der Waals surface area contributed by atoms with Crippen LogP contribution >= 0.6 is 11.3 Å². The maximum absolute atomic E-state index is 13.0. The van der Waals surface area contributed by atoms with E-state index in [1.54, 1.807) is 29.2 Å². The highest BCUT2D eigenvalue weighted by atomic mass is 32.2. The zero-order valence-electron chi connectivity index (χ0n) is 18.2. The van der Waals surface area contributed by atoms with Crippen molar-refractivity contribution in [3.8, 4) is 11.3 Å². The molecule has 0 bridgehead atoms. The van der Waals surface area contributed by atoms with Crippen LogP contribution in [0, 0.1) is 6.92 Å². The average Bonchev–Trinajstić information content (AvgIpc) is 3.42. The third-order valence-electron chi connectivity index (χ3n) is 5.94. The number of nitrogens with zero attached hydrogens (tertiary/aromatic N) is 4. The first-order valence-corrected chi connectivity index (χ1v) is 13.1. The van der Waals surface area contributed by atoms with Crippen molar-refractivity contribution in [1.29, 1.82) is 0 Å². The van der Waals surface area contributed by atoms with Crippen molar-refractivity contribution in [3.63, 3.8) is 0 Å². The van der Waals surface area contributed by atoms with Crippen LogP contribution in [0.25, 0.3) is 16.2 Å². The molecule has 170 valence electrons. The molecular weight excluding hydrogens is 456 g/mol. The number of carbonyl (C=O) groups is 1. The number of hydrogen-bond acceptors (Lipinski definition) is 5. The van der Waals surface area contributed by atoms with Gasteiger partial charge in [-0.15, -0.1) is 11.3 Å². The summed E-state index contributed by atoms with van der Waals surface area (Å²) in [6.45, 7) is 3.29. The minimum Gasteiger partial charge on any atom is -0.340 e. The molecule has 5 rings (SSSR count). The highest BCUT2D eigenvalue weighted by molar-refractivity contribution is 7.89. The van der Waals surface area contributed by atoms with Crippen molar-refractivity contribution in [2.75, 3.05) is 26.2 Å². The molecule has 7 nitrogen and oxygen atoms in total. The maximum atomic E-state index is 13.0. The molecule has 1 saturated heterocycles. The summed E-state index contributed by atoms with van der Waals surface area (Å²) in [6.07, 6.45) is 2.23. The Labute approximate surface area is 197 Å². The highest BCUT2D eigenvalue weighted by Crippen LogP contribution is 2.24. The Morgan fingerprint density at radius 2 is 1.70 bits per heavy atom. The number of amides is 1. The number of benzene rings is 2. The number of rotatable bonds is 5. The molecule has 0 atom stereocenters. The number of piperazine rings is 1. The van der Waals surface area contributed by atoms with E-state index >= 15 is 0 Å². The summed E-state index contributed by atoms with van der Waals surface area (Å²) in [4.78, 5) is 20.6. The van der Waals surface area contributed by atoms with E-state index in [-0.39, 0.29) is 12.3 Å². The molecule has 0 N–H and O–H groups in total. The fourth-order valence-corrected chi connectivity index (χ4v) is 6.30. The van der Waals surface area contributed by atoms with Gasteiger partial charge in [-0.1, -0.05) is 48.0 Å². The van der Waals surface area contributed by atoms with Gasteiger partial charge >= 0.3 is 0 Å². The van der Waals surface area contributed by atoms with Crippen LogP contribution in [-0.2, 0) is 21.2 Å². The molecule has 1 fully saturated rings. The van der Waals surface area contributed by atoms with E-state index < -0.39 is 10.0 Å². The van der Waals surface area contributed by atoms with Gasteiger partial charge in [0.2, 0.25) is 15.9 Å². The number of carbonyl (C=O) groups excluding carboxylic acids is 1. The van der Waals surface area contributed by atoms with E-state index in [0.717, 1.165) is 27.5 Å². The molecule has 1 aliphatic heterocycles. The van der Waals surface area contributed by atoms with Gasteiger partial charge in [0.25, 0.3) is 0 Å². The third-order valence-corrected chi connectivity index (χ3v) is 8.74. The van der Waals surface area contributed by atoms with Crippen LogP contribution in [0.3, 0.4) is 0 Å². The molecule has 4 aromatic rings. The molecule has 3 heterocycles. The number of aryl methyl sites for hydroxylation is 1. The van der Waals surface area contributed by atoms with Crippen LogP contribution in [0.15, 0.2) is 71.1 Å². The Balaban J connectivity index is 1.25. The van der Waals surface area contributed by atoms with Crippen molar-refractivity contribution < 1.29 is 13.2 Å². The Kier molecular flexibility index (Phi) is 5.77. The lowest BCUT2D eigenvalue weighted by atomic mass is 10.2. The van der Waals surface area contributed by atoms with Crippen LogP contribution in [0.5, 0.6) is 0 Å². The van der Waals surface area contributed by atoms with Crippen molar-refractivity contribution in [3.05, 3.63) is 77.4 Å². The summed E-state index contributed by atoms with van der Waals surface area (Å²) in [5, 5.41) is 1.97. The molecule has 2 aromatic carbocycles. The molecular formula is C24H24N4O3S2. The molecule has 0 unspecified atom stereocenters. The number of hydrogen-bond donors (Lipinski definition) is 0. The standard InChI is InChI=1S/C24H24N4O3S2/c1-18-7-9-21(10-8-18)33(30,31)27-13-11-26(12-14-27)23(29)15-20-17-32-24-25-22(16-28(20)24)19-5-3-2-4-6-19/h2-10,16-17H,11-15H2,1H3. The Morgan fingerprint density at radius 3 is 2.39 bits per heavy atom. The minimum atomic E-state index is -3.55. The Hall–Kier alpha value is -3.01. The van der Waals surface area contributed by atoms with Crippen LogP contribution in [0.4, 0.5) is 0 Å². The maximum Gasteiger partial charge on any atom is 0.243 e. The Morgan fingerprint density at radius 1 is 1.00 bits per heavy atom. The van der Waals surface area contributed by atoms with E-state index in [9.17, 15) is 13.2 Å². The van der Waals surface area contributed by atoms with E-state index in [1.165, 1.54) is 15.6 Å². The first-order chi connectivity index (χ1) is 15.9. The molecule has 0 saturated carbocycles. The van der Waals surface area contributed by atoms with Gasteiger partial charge < -0.3 is 4.90 Å². The predicted molar refractivity (Wildman–Crippen MR) is 129 cm³/mol. The second-order valence-corrected chi connectivity index (χ2v) is 10.9. The van der Waals surface area contributed by atoms with E-state index in [4.69, 9.17) is 0 Å². The lowest BCUT2D eigenvalue weighted by Crippen LogP contribution is -2.50. The fourth-order valence-electron chi connectivity index (χ4n) is 4.01. The van der Waals surface area contributed by atoms with Gasteiger partial charge in [0.15, 0.2) is 4.96 Å². The average molecular weight is 481 g/mol. The first-order valence-electron chi connectivity index (χ1n) is 10.8. The van der Waals surface area contributed by atoms with Gasteiger partial charge in [0, 0.05) is 49.0 Å². The summed E-state index contributed by atoms with van der Waals surface area (Å²) in [5.74, 6) is -0.00274. The van der Waals surface area contributed by atoms with Crippen molar-refractivity contribution in [2.45, 2.75) is 18.2 Å². The topological polar surface area (TPSA) is 75.0 Å². The van der Waals surface area contributed by atoms with Crippen LogP contribution in [0.1, 0.15) is 11.3 Å². The molecule has 9 heteroatoms. The number of imidazole rings is 1. The summed E-state index contributed by atoms with van der Waals surface area (Å²) in [7, 11) is -3.55. The second-order valence-electron chi connectivity index (χ2n) is 8.15. The fraction of sp³-hybridized carbons (Fsp3) is 0.250. The largest absolute Gasteiger partial charge is 0.340 e. The van der Waals surface area contributed by atoms with E-state index in [2.05, 4.69) is 4.98 Å². The molecule has 2 aromatic heterocycles. The lowest BCUT2D eigenvalue weighted by Gasteiger charge is -2.34. The molecule has 1 amide bonds. The van der Waals surface area contributed by atoms with Gasteiger partial charge in [-0.3, -0.25) is 9.20 Å². The SMILES string of the molecule is Cc1ccc(S(=O)(=O)N2CCN(C(=O)Cc3csc4nc(-c5ccccc5)cn34)CC2)cc1. The van der Waals surface area contributed by atoms with Gasteiger partial charge in [0.05, 0.1) is 17.0 Å². The number of aromatic nitrogens is 2. The van der Waals surface area contributed by atoms with Crippen molar-refractivity contribution >= 4 is 32.2 Å². The number of thiazole rings is 1. The number of sulfonamides is 1. The molecule has 0 aliphatic carbocycles. The molecule has 1 aliphatic rings. The molecule has 0 spiro atoms. The zero-order chi connectivity index (χ0) is 23.0. The first kappa shape index (κ1) is 21.8. The molecule has 33 heavy (non-hydrogen) atoms. The summed E-state index contributed by atoms with van der Waals surface area (Å²) in [5.41, 5.74) is 3.83. The van der Waals surface area contributed by atoms with E-state index in [1.807, 2.05) is 53.2 Å². The van der Waals surface area contributed by atoms with Gasteiger partial charge in [-0.25, -0.2) is 13.4 Å². The third kappa shape index (κ3) is 4.31. The normalized spacial score (nSPS) is 15.2. The van der Waals surface area contributed by atoms with Crippen molar-refractivity contribution in [2.24, 2.45) is 0 Å². The summed E-state index contributed by atoms with van der Waals surface area (Å²) in [6, 6.07) is 16.8. The monoisotopic (exact) mass is 480 g/mol. The van der Waals surface area contributed by atoms with Gasteiger partial charge in [0.1, 0.15) is 0 Å². The summed E-state index contributed by atoms with van der Waals surface area (Å²) >= 11 is 1.51.